The van der Waals surface area contributed by atoms with Crippen LogP contribution in [-0.2, 0) is 4.79 Å². The van der Waals surface area contributed by atoms with Crippen LogP contribution in [0.3, 0.4) is 0 Å². The molecule has 212 valence electrons. The second-order valence-electron chi connectivity index (χ2n) is 11.0. The van der Waals surface area contributed by atoms with Gasteiger partial charge in [0.1, 0.15) is 17.2 Å². The molecule has 2 heterocycles. The van der Waals surface area contributed by atoms with Crippen molar-refractivity contribution in [1.82, 2.24) is 0 Å². The van der Waals surface area contributed by atoms with Crippen molar-refractivity contribution in [2.45, 2.75) is 24.9 Å². The number of Topliss-reactive ketones (excluding diaryl/α,β-unsaturated/α-hetero) is 3. The average molecular weight is 570 g/mol. The summed E-state index contributed by atoms with van der Waals surface area (Å²) in [6.45, 7) is 1.31. The number of fused-ring (bicyclic) bond motifs is 5. The fourth-order valence-corrected chi connectivity index (χ4v) is 7.20. The lowest BCUT2D eigenvalue weighted by atomic mass is 9.64. The van der Waals surface area contributed by atoms with Crippen LogP contribution in [0.1, 0.15) is 55.0 Å². The summed E-state index contributed by atoms with van der Waals surface area (Å²) < 4.78 is 11.2. The van der Waals surface area contributed by atoms with Gasteiger partial charge in [0.05, 0.1) is 18.8 Å². The summed E-state index contributed by atoms with van der Waals surface area (Å²) >= 11 is 0. The monoisotopic (exact) mass is 569 g/mol. The Bertz CT molecular complexity index is 1820. The largest absolute Gasteiger partial charge is 0.497 e. The van der Waals surface area contributed by atoms with E-state index < -0.39 is 29.4 Å². The molecule has 0 unspecified atom stereocenters. The molecule has 7 heteroatoms. The van der Waals surface area contributed by atoms with Gasteiger partial charge in [0.25, 0.3) is 0 Å². The zero-order valence-corrected chi connectivity index (χ0v) is 23.5. The van der Waals surface area contributed by atoms with Gasteiger partial charge in [-0.2, -0.15) is 0 Å². The predicted octanol–water partition coefficient (Wildman–Crippen LogP) is 5.94. The minimum Gasteiger partial charge on any atom is -0.497 e. The molecule has 0 aromatic heterocycles. The number of esters is 1. The van der Waals surface area contributed by atoms with Crippen LogP contribution in [0.25, 0.3) is 6.08 Å². The maximum atomic E-state index is 14.8. The summed E-state index contributed by atoms with van der Waals surface area (Å²) in [6, 6.07) is 26.3. The van der Waals surface area contributed by atoms with Crippen molar-refractivity contribution >= 4 is 35.1 Å². The number of methoxy groups -OCH3 is 1. The first kappa shape index (κ1) is 26.6. The summed E-state index contributed by atoms with van der Waals surface area (Å²) in [5.41, 5.74) is 1.24. The van der Waals surface area contributed by atoms with Crippen LogP contribution in [-0.4, -0.2) is 42.5 Å². The molecule has 3 aliphatic rings. The minimum absolute atomic E-state index is 0.252. The van der Waals surface area contributed by atoms with Crippen LogP contribution in [0.5, 0.6) is 11.5 Å². The number of ether oxygens (including phenoxy) is 2. The average Bonchev–Trinajstić information content (AvgIpc) is 3.47. The smallest absolute Gasteiger partial charge is 0.308 e. The third-order valence-corrected chi connectivity index (χ3v) is 8.82. The molecule has 7 nitrogen and oxygen atoms in total. The number of hydrogen-bond donors (Lipinski definition) is 0. The van der Waals surface area contributed by atoms with Crippen LogP contribution in [0.4, 0.5) is 5.69 Å². The highest BCUT2D eigenvalue weighted by molar-refractivity contribution is 6.32. The highest BCUT2D eigenvalue weighted by Gasteiger charge is 2.71. The molecule has 1 aliphatic carbocycles. The lowest BCUT2D eigenvalue weighted by molar-refractivity contribution is -0.131. The van der Waals surface area contributed by atoms with Gasteiger partial charge >= 0.3 is 5.97 Å². The molecular weight excluding hydrogens is 542 g/mol. The van der Waals surface area contributed by atoms with E-state index in [4.69, 9.17) is 9.47 Å². The van der Waals surface area contributed by atoms with Gasteiger partial charge in [-0.15, -0.1) is 0 Å². The van der Waals surface area contributed by atoms with Crippen molar-refractivity contribution in [1.29, 1.82) is 0 Å². The molecule has 0 radical (unpaired) electrons. The molecule has 0 saturated carbocycles. The van der Waals surface area contributed by atoms with Crippen molar-refractivity contribution in [2.24, 2.45) is 5.41 Å². The van der Waals surface area contributed by atoms with Crippen LogP contribution in [0.15, 0.2) is 103 Å². The van der Waals surface area contributed by atoms with Gasteiger partial charge in [0.15, 0.2) is 23.1 Å². The third kappa shape index (κ3) is 3.74. The Kier molecular flexibility index (Phi) is 6.13. The van der Waals surface area contributed by atoms with Gasteiger partial charge < -0.3 is 14.4 Å². The van der Waals surface area contributed by atoms with Crippen LogP contribution < -0.4 is 14.4 Å². The molecule has 1 fully saturated rings. The number of rotatable bonds is 5. The van der Waals surface area contributed by atoms with E-state index in [1.165, 1.54) is 6.92 Å². The fraction of sp³-hybridized carbons (Fsp3) is 0.167. The molecule has 7 rings (SSSR count). The highest BCUT2D eigenvalue weighted by atomic mass is 16.5. The topological polar surface area (TPSA) is 90.0 Å². The molecule has 0 bridgehead atoms. The van der Waals surface area contributed by atoms with Crippen LogP contribution >= 0.6 is 0 Å². The highest BCUT2D eigenvalue weighted by Crippen LogP contribution is 2.62. The molecule has 4 aromatic carbocycles. The standard InChI is InChI=1S/C36H27NO6/c1-21(38)43-28-17-9-12-22-18-19-29-36(34(40)26-15-6-7-16-27(26)35(36)41)30(24-13-8-14-25(20-24)42-2)32(37(29)31(22)28)33(39)23-10-4-3-5-11-23/h3-20,29-30,32H,1-2H3/t29-,30+,32-/m1/s1. The zero-order chi connectivity index (χ0) is 29.9. The summed E-state index contributed by atoms with van der Waals surface area (Å²) in [6.07, 6.45) is 3.68. The first-order valence-corrected chi connectivity index (χ1v) is 14.1. The van der Waals surface area contributed by atoms with E-state index in [2.05, 4.69) is 0 Å². The van der Waals surface area contributed by atoms with E-state index in [0.29, 0.717) is 39.3 Å². The van der Waals surface area contributed by atoms with E-state index >= 15 is 0 Å². The molecule has 0 N–H and O–H groups in total. The van der Waals surface area contributed by atoms with Gasteiger partial charge in [-0.25, -0.2) is 0 Å². The minimum atomic E-state index is -1.68. The Morgan fingerprint density at radius 2 is 1.49 bits per heavy atom. The maximum Gasteiger partial charge on any atom is 0.308 e. The predicted molar refractivity (Wildman–Crippen MR) is 161 cm³/mol. The van der Waals surface area contributed by atoms with Crippen LogP contribution in [0, 0.1) is 5.41 Å². The molecule has 3 atom stereocenters. The van der Waals surface area contributed by atoms with E-state index in [-0.39, 0.29) is 23.1 Å². The van der Waals surface area contributed by atoms with Crippen molar-refractivity contribution in [2.75, 3.05) is 12.0 Å². The van der Waals surface area contributed by atoms with Crippen molar-refractivity contribution in [3.63, 3.8) is 0 Å². The number of carbonyl (C=O) groups is 4. The molecule has 0 amide bonds. The van der Waals surface area contributed by atoms with Gasteiger partial charge in [0, 0.05) is 35.1 Å². The van der Waals surface area contributed by atoms with Crippen molar-refractivity contribution in [3.8, 4) is 11.5 Å². The number of ketones is 3. The van der Waals surface area contributed by atoms with E-state index in [9.17, 15) is 19.2 Å². The normalized spacial score (nSPS) is 20.9. The van der Waals surface area contributed by atoms with Crippen molar-refractivity contribution in [3.05, 3.63) is 131 Å². The van der Waals surface area contributed by atoms with Gasteiger partial charge in [0.2, 0.25) is 0 Å². The first-order valence-electron chi connectivity index (χ1n) is 14.1. The maximum absolute atomic E-state index is 14.8. The Labute approximate surface area is 248 Å². The summed E-state index contributed by atoms with van der Waals surface area (Å²) in [5, 5.41) is 0. The molecule has 43 heavy (non-hydrogen) atoms. The number of benzene rings is 4. The Morgan fingerprint density at radius 3 is 2.16 bits per heavy atom. The third-order valence-electron chi connectivity index (χ3n) is 8.82. The summed E-state index contributed by atoms with van der Waals surface area (Å²) in [5.74, 6) is -1.57. The fourth-order valence-electron chi connectivity index (χ4n) is 7.20. The summed E-state index contributed by atoms with van der Waals surface area (Å²) in [4.78, 5) is 58.5. The lowest BCUT2D eigenvalue weighted by Gasteiger charge is -2.37. The quantitative estimate of drug-likeness (QED) is 0.127. The SMILES string of the molecule is COc1cccc([C@H]2[C@H](C(=O)c3ccccc3)N3c4c(cccc4OC(C)=O)C=C[C@@H]3C23C(=O)c2ccccc2C3=O)c1. The van der Waals surface area contributed by atoms with E-state index in [1.54, 1.807) is 86.0 Å². The first-order chi connectivity index (χ1) is 20.9. The molecule has 1 spiro atoms. The van der Waals surface area contributed by atoms with Crippen molar-refractivity contribution < 1.29 is 28.7 Å². The molecular formula is C36H27NO6. The summed E-state index contributed by atoms with van der Waals surface area (Å²) in [7, 11) is 1.55. The Morgan fingerprint density at radius 1 is 0.814 bits per heavy atom. The number of nitrogens with zero attached hydrogens (tertiary/aromatic N) is 1. The number of para-hydroxylation sites is 1. The Hall–Kier alpha value is -5.30. The number of anilines is 1. The Balaban J connectivity index is 1.57. The van der Waals surface area contributed by atoms with Crippen LogP contribution in [0.2, 0.25) is 0 Å². The molecule has 2 aliphatic heterocycles. The second-order valence-corrected chi connectivity index (χ2v) is 11.0. The number of carbonyl (C=O) groups excluding carboxylic acids is 4. The molecule has 4 aromatic rings. The van der Waals surface area contributed by atoms with E-state index in [1.807, 2.05) is 35.3 Å². The van der Waals surface area contributed by atoms with E-state index in [0.717, 1.165) is 0 Å². The zero-order valence-electron chi connectivity index (χ0n) is 23.5. The van der Waals surface area contributed by atoms with Gasteiger partial charge in [-0.3, -0.25) is 19.2 Å². The number of hydrogen-bond acceptors (Lipinski definition) is 7. The van der Waals surface area contributed by atoms with Gasteiger partial charge in [-0.1, -0.05) is 91.0 Å². The second kappa shape index (κ2) is 9.91. The molecule has 1 saturated heterocycles. The van der Waals surface area contributed by atoms with Gasteiger partial charge in [-0.05, 0) is 23.8 Å². The lowest BCUT2D eigenvalue weighted by Crippen LogP contribution is -2.48.